The number of nitriles is 1. The predicted molar refractivity (Wildman–Crippen MR) is 54.3 cm³/mol. The lowest BCUT2D eigenvalue weighted by molar-refractivity contribution is 0.537. The summed E-state index contributed by atoms with van der Waals surface area (Å²) in [5, 5.41) is 10.4. The van der Waals surface area contributed by atoms with E-state index in [1.54, 1.807) is 11.4 Å². The largest absolute Gasteiger partial charge is 0.251 e. The van der Waals surface area contributed by atoms with E-state index >= 15 is 0 Å². The van der Waals surface area contributed by atoms with Gasteiger partial charge in [-0.05, 0) is 25.3 Å². The first-order valence-electron chi connectivity index (χ1n) is 3.86. The molecule has 0 bridgehead atoms. The number of nitrogens with zero attached hydrogens (tertiary/aromatic N) is 1. The summed E-state index contributed by atoms with van der Waals surface area (Å²) >= 11 is 1.12. The van der Waals surface area contributed by atoms with Crippen molar-refractivity contribution in [3.05, 3.63) is 17.5 Å². The molecule has 0 saturated carbocycles. The molecule has 76 valence electrons. The van der Waals surface area contributed by atoms with Crippen molar-refractivity contribution >= 4 is 21.4 Å². The zero-order valence-electron chi connectivity index (χ0n) is 7.81. The van der Waals surface area contributed by atoms with Gasteiger partial charge in [-0.2, -0.15) is 9.98 Å². The summed E-state index contributed by atoms with van der Waals surface area (Å²) in [4.78, 5) is 0. The van der Waals surface area contributed by atoms with E-state index in [0.717, 1.165) is 11.3 Å². The summed E-state index contributed by atoms with van der Waals surface area (Å²) < 4.78 is 25.8. The molecule has 0 aromatic carbocycles. The van der Waals surface area contributed by atoms with Gasteiger partial charge in [0.05, 0.1) is 6.07 Å². The Labute approximate surface area is 87.2 Å². The van der Waals surface area contributed by atoms with Crippen LogP contribution in [0, 0.1) is 11.3 Å². The van der Waals surface area contributed by atoms with Crippen LogP contribution in [0.25, 0.3) is 0 Å². The van der Waals surface area contributed by atoms with Crippen LogP contribution in [-0.2, 0) is 10.0 Å². The summed E-state index contributed by atoms with van der Waals surface area (Å²) in [5.74, 6) is 0. The van der Waals surface area contributed by atoms with Crippen LogP contribution < -0.4 is 4.72 Å². The van der Waals surface area contributed by atoms with Gasteiger partial charge in [0.1, 0.15) is 9.75 Å². The molecule has 1 rings (SSSR count). The molecule has 14 heavy (non-hydrogen) atoms. The molecule has 0 spiro atoms. The molecule has 0 saturated heterocycles. The fourth-order valence-electron chi connectivity index (χ4n) is 0.825. The van der Waals surface area contributed by atoms with Crippen LogP contribution >= 0.6 is 11.3 Å². The molecule has 0 fully saturated rings. The van der Waals surface area contributed by atoms with Gasteiger partial charge in [0, 0.05) is 0 Å². The molecule has 0 aliphatic carbocycles. The zero-order valence-corrected chi connectivity index (χ0v) is 9.45. The predicted octanol–water partition coefficient (Wildman–Crippen LogP) is 1.33. The second-order valence-electron chi connectivity index (χ2n) is 3.27. The molecule has 0 aliphatic rings. The number of rotatable bonds is 3. The average Bonchev–Trinajstić information content (AvgIpc) is 2.54. The fraction of sp³-hybridized carbons (Fsp3) is 0.375. The number of thiophene rings is 1. The molecule has 1 N–H and O–H groups in total. The van der Waals surface area contributed by atoms with Crippen molar-refractivity contribution in [2.24, 2.45) is 0 Å². The molecule has 1 aromatic heterocycles. The molecule has 4 nitrogen and oxygen atoms in total. The van der Waals surface area contributed by atoms with Crippen molar-refractivity contribution in [3.63, 3.8) is 0 Å². The molecule has 0 aliphatic heterocycles. The SMILES string of the molecule is CC(C)(C#N)NS(=O)(=O)c1cccs1. The molecule has 0 amide bonds. The molecule has 6 heteroatoms. The van der Waals surface area contributed by atoms with Gasteiger partial charge >= 0.3 is 0 Å². The van der Waals surface area contributed by atoms with Crippen LogP contribution in [0.5, 0.6) is 0 Å². The summed E-state index contributed by atoms with van der Waals surface area (Å²) in [6.07, 6.45) is 0. The highest BCUT2D eigenvalue weighted by Crippen LogP contribution is 2.17. The lowest BCUT2D eigenvalue weighted by Crippen LogP contribution is -2.41. The van der Waals surface area contributed by atoms with Gasteiger partial charge in [0.25, 0.3) is 10.0 Å². The van der Waals surface area contributed by atoms with Crippen LogP contribution in [0.4, 0.5) is 0 Å². The molecule has 0 unspecified atom stereocenters. The maximum Gasteiger partial charge on any atom is 0.251 e. The third-order valence-corrected chi connectivity index (χ3v) is 4.48. The first-order valence-corrected chi connectivity index (χ1v) is 6.22. The second kappa shape index (κ2) is 3.69. The van der Waals surface area contributed by atoms with Gasteiger partial charge < -0.3 is 0 Å². The number of nitrogens with one attached hydrogen (secondary N) is 1. The standard InChI is InChI=1S/C8H10N2O2S2/c1-8(2,6-9)10-14(11,12)7-4-3-5-13-7/h3-5,10H,1-2H3. The van der Waals surface area contributed by atoms with Gasteiger partial charge in [-0.3, -0.25) is 0 Å². The lowest BCUT2D eigenvalue weighted by atomic mass is 10.1. The number of sulfonamides is 1. The molecular formula is C8H10N2O2S2. The van der Waals surface area contributed by atoms with Crippen LogP contribution in [0.1, 0.15) is 13.8 Å². The van der Waals surface area contributed by atoms with E-state index in [4.69, 9.17) is 5.26 Å². The second-order valence-corrected chi connectivity index (χ2v) is 6.13. The van der Waals surface area contributed by atoms with Crippen LogP contribution in [-0.4, -0.2) is 14.0 Å². The van der Waals surface area contributed by atoms with Gasteiger partial charge in [-0.1, -0.05) is 6.07 Å². The fourth-order valence-corrected chi connectivity index (χ4v) is 3.15. The normalized spacial score (nSPS) is 12.4. The van der Waals surface area contributed by atoms with Gasteiger partial charge in [-0.15, -0.1) is 11.3 Å². The van der Waals surface area contributed by atoms with Crippen LogP contribution in [0.3, 0.4) is 0 Å². The first-order chi connectivity index (χ1) is 6.37. The van der Waals surface area contributed by atoms with Crippen molar-refractivity contribution < 1.29 is 8.42 Å². The molecule has 1 heterocycles. The van der Waals surface area contributed by atoms with E-state index in [0.29, 0.717) is 0 Å². The highest BCUT2D eigenvalue weighted by molar-refractivity contribution is 7.91. The van der Waals surface area contributed by atoms with Crippen molar-refractivity contribution in [2.75, 3.05) is 0 Å². The van der Waals surface area contributed by atoms with Gasteiger partial charge in [0.15, 0.2) is 0 Å². The van der Waals surface area contributed by atoms with Crippen molar-refractivity contribution in [3.8, 4) is 6.07 Å². The highest BCUT2D eigenvalue weighted by atomic mass is 32.2. The van der Waals surface area contributed by atoms with Gasteiger partial charge in [0.2, 0.25) is 0 Å². The third-order valence-electron chi connectivity index (χ3n) is 1.43. The maximum atomic E-state index is 11.6. The minimum Gasteiger partial charge on any atom is -0.206 e. The average molecular weight is 230 g/mol. The molecular weight excluding hydrogens is 220 g/mol. The summed E-state index contributed by atoms with van der Waals surface area (Å²) in [6.45, 7) is 3.02. The van der Waals surface area contributed by atoms with E-state index in [9.17, 15) is 8.42 Å². The van der Waals surface area contributed by atoms with Gasteiger partial charge in [-0.25, -0.2) is 8.42 Å². The Morgan fingerprint density at radius 2 is 2.21 bits per heavy atom. The highest BCUT2D eigenvalue weighted by Gasteiger charge is 2.26. The quantitative estimate of drug-likeness (QED) is 0.851. The van der Waals surface area contributed by atoms with E-state index in [-0.39, 0.29) is 4.21 Å². The summed E-state index contributed by atoms with van der Waals surface area (Å²) in [6, 6.07) is 5.03. The molecule has 0 atom stereocenters. The molecule has 1 aromatic rings. The third kappa shape index (κ3) is 2.54. The summed E-state index contributed by atoms with van der Waals surface area (Å²) in [5.41, 5.74) is -1.08. The van der Waals surface area contributed by atoms with Crippen LogP contribution in [0.2, 0.25) is 0 Å². The smallest absolute Gasteiger partial charge is 0.206 e. The Morgan fingerprint density at radius 1 is 1.57 bits per heavy atom. The lowest BCUT2D eigenvalue weighted by Gasteiger charge is -2.16. The topological polar surface area (TPSA) is 70.0 Å². The first kappa shape index (κ1) is 11.2. The zero-order chi connectivity index (χ0) is 10.8. The Hall–Kier alpha value is -0.900. The minimum atomic E-state index is -3.54. The van der Waals surface area contributed by atoms with E-state index in [2.05, 4.69) is 4.72 Å². The monoisotopic (exact) mass is 230 g/mol. The Morgan fingerprint density at radius 3 is 2.64 bits per heavy atom. The van der Waals surface area contributed by atoms with E-state index < -0.39 is 15.6 Å². The van der Waals surface area contributed by atoms with Crippen molar-refractivity contribution in [1.29, 1.82) is 5.26 Å². The Balaban J connectivity index is 2.97. The van der Waals surface area contributed by atoms with Crippen molar-refractivity contribution in [1.82, 2.24) is 4.72 Å². The molecule has 0 radical (unpaired) electrons. The Kier molecular flexibility index (Phi) is 2.95. The summed E-state index contributed by atoms with van der Waals surface area (Å²) in [7, 11) is -3.54. The number of hydrogen-bond acceptors (Lipinski definition) is 4. The maximum absolute atomic E-state index is 11.6. The number of hydrogen-bond donors (Lipinski definition) is 1. The van der Waals surface area contributed by atoms with Crippen molar-refractivity contribution in [2.45, 2.75) is 23.6 Å². The van der Waals surface area contributed by atoms with Crippen LogP contribution in [0.15, 0.2) is 21.7 Å². The minimum absolute atomic E-state index is 0.223. The van der Waals surface area contributed by atoms with E-state index in [1.165, 1.54) is 19.9 Å². The Bertz CT molecular complexity index is 440. The van der Waals surface area contributed by atoms with E-state index in [1.807, 2.05) is 6.07 Å².